The van der Waals surface area contributed by atoms with Gasteiger partial charge in [0.05, 0.1) is 35.5 Å². The third-order valence-electron chi connectivity index (χ3n) is 7.71. The minimum Gasteiger partial charge on any atom is -0.405 e. The summed E-state index contributed by atoms with van der Waals surface area (Å²) in [5, 5.41) is 16.2. The number of carbonyl (C=O) groups excluding carboxylic acids is 1. The first-order valence-corrected chi connectivity index (χ1v) is 13.6. The minimum atomic E-state index is -4.98. The van der Waals surface area contributed by atoms with Crippen LogP contribution in [0, 0.1) is 0 Å². The van der Waals surface area contributed by atoms with Crippen molar-refractivity contribution in [1.82, 2.24) is 19.3 Å². The van der Waals surface area contributed by atoms with E-state index in [4.69, 9.17) is 15.5 Å². The molecular formula is C29H30F3N5O4. The maximum Gasteiger partial charge on any atom is 0.573 e. The lowest BCUT2D eigenvalue weighted by Gasteiger charge is -2.26. The first-order valence-electron chi connectivity index (χ1n) is 13.6. The fourth-order valence-electron chi connectivity index (χ4n) is 5.61. The second-order valence-electron chi connectivity index (χ2n) is 10.7. The highest BCUT2D eigenvalue weighted by molar-refractivity contribution is 5.96. The molecule has 2 aliphatic rings. The number of halogens is 3. The summed E-state index contributed by atoms with van der Waals surface area (Å²) in [6.07, 6.45) is 0.619. The van der Waals surface area contributed by atoms with E-state index in [1.807, 2.05) is 24.4 Å². The Hall–Kier alpha value is -3.90. The zero-order valence-corrected chi connectivity index (χ0v) is 22.4. The number of carbonyl (C=O) groups is 1. The fourth-order valence-corrected chi connectivity index (χ4v) is 5.61. The van der Waals surface area contributed by atoms with Gasteiger partial charge in [-0.05, 0) is 56.4 Å². The Morgan fingerprint density at radius 2 is 2.00 bits per heavy atom. The molecule has 2 unspecified atom stereocenters. The zero-order valence-electron chi connectivity index (χ0n) is 22.4. The SMILES string of the molecule is Cn1c(-c2ccc(C(N)=O)cc2OC(F)(F)F)nc(-c2cccc3nn(CC(O)C4CCCCO4)cc23)c1C1CC1. The largest absolute Gasteiger partial charge is 0.573 e. The van der Waals surface area contributed by atoms with Crippen molar-refractivity contribution in [3.63, 3.8) is 0 Å². The number of ether oxygens (including phenoxy) is 2. The molecule has 0 spiro atoms. The third-order valence-corrected chi connectivity index (χ3v) is 7.71. The molecule has 2 aromatic carbocycles. The molecule has 1 aliphatic heterocycles. The Bertz CT molecular complexity index is 1600. The number of nitrogens with zero attached hydrogens (tertiary/aromatic N) is 4. The van der Waals surface area contributed by atoms with Gasteiger partial charge in [-0.1, -0.05) is 12.1 Å². The van der Waals surface area contributed by atoms with Crippen LogP contribution in [0.15, 0.2) is 42.6 Å². The molecule has 2 atom stereocenters. The number of hydrogen-bond acceptors (Lipinski definition) is 6. The number of alkyl halides is 3. The van der Waals surface area contributed by atoms with Crippen LogP contribution in [0.4, 0.5) is 13.2 Å². The Morgan fingerprint density at radius 1 is 1.20 bits per heavy atom. The first kappa shape index (κ1) is 27.3. The van der Waals surface area contributed by atoms with Crippen LogP contribution in [-0.2, 0) is 18.3 Å². The first-order chi connectivity index (χ1) is 19.6. The van der Waals surface area contributed by atoms with Gasteiger partial charge in [0.1, 0.15) is 11.6 Å². The monoisotopic (exact) mass is 569 g/mol. The van der Waals surface area contributed by atoms with Crippen molar-refractivity contribution in [3.8, 4) is 28.4 Å². The summed E-state index contributed by atoms with van der Waals surface area (Å²) in [5.74, 6) is -0.956. The van der Waals surface area contributed by atoms with E-state index in [-0.39, 0.29) is 35.5 Å². The maximum absolute atomic E-state index is 13.3. The summed E-state index contributed by atoms with van der Waals surface area (Å²) in [6, 6.07) is 9.37. The van der Waals surface area contributed by atoms with Gasteiger partial charge >= 0.3 is 6.36 Å². The second kappa shape index (κ2) is 10.5. The highest BCUT2D eigenvalue weighted by Gasteiger charge is 2.36. The van der Waals surface area contributed by atoms with Crippen LogP contribution in [0.1, 0.15) is 54.1 Å². The molecule has 6 rings (SSSR count). The Morgan fingerprint density at radius 3 is 2.68 bits per heavy atom. The lowest BCUT2D eigenvalue weighted by molar-refractivity contribution is -0.274. The third kappa shape index (κ3) is 5.53. The van der Waals surface area contributed by atoms with Crippen LogP contribution in [0.3, 0.4) is 0 Å². The normalized spacial score (nSPS) is 18.5. The van der Waals surface area contributed by atoms with Crippen molar-refractivity contribution in [3.05, 3.63) is 53.9 Å². The molecule has 4 aromatic rings. The number of amides is 1. The van der Waals surface area contributed by atoms with Gasteiger partial charge in [0.15, 0.2) is 0 Å². The van der Waals surface area contributed by atoms with Gasteiger partial charge < -0.3 is 24.9 Å². The van der Waals surface area contributed by atoms with Crippen LogP contribution in [0.5, 0.6) is 5.75 Å². The Labute approximate surface area is 233 Å². The molecule has 12 heteroatoms. The molecule has 1 amide bonds. The molecule has 1 saturated heterocycles. The average Bonchev–Trinajstić information content (AvgIpc) is 3.59. The Balaban J connectivity index is 1.43. The lowest BCUT2D eigenvalue weighted by Crippen LogP contribution is -2.35. The summed E-state index contributed by atoms with van der Waals surface area (Å²) in [7, 11) is 1.77. The molecule has 9 nitrogen and oxygen atoms in total. The topological polar surface area (TPSA) is 117 Å². The van der Waals surface area contributed by atoms with Crippen molar-refractivity contribution in [2.24, 2.45) is 12.8 Å². The van der Waals surface area contributed by atoms with Crippen molar-refractivity contribution < 1.29 is 32.5 Å². The molecule has 0 bridgehead atoms. The maximum atomic E-state index is 13.3. The highest BCUT2D eigenvalue weighted by atomic mass is 19.4. The van der Waals surface area contributed by atoms with E-state index in [0.717, 1.165) is 54.8 Å². The zero-order chi connectivity index (χ0) is 28.9. The van der Waals surface area contributed by atoms with E-state index < -0.39 is 24.1 Å². The molecule has 1 aliphatic carbocycles. The Kier molecular flexibility index (Phi) is 6.98. The summed E-state index contributed by atoms with van der Waals surface area (Å²) < 4.78 is 53.6. The number of imidazole rings is 1. The summed E-state index contributed by atoms with van der Waals surface area (Å²) in [6.45, 7) is 0.909. The van der Waals surface area contributed by atoms with Crippen molar-refractivity contribution in [1.29, 1.82) is 0 Å². The van der Waals surface area contributed by atoms with Crippen LogP contribution in [0.2, 0.25) is 0 Å². The lowest BCUT2D eigenvalue weighted by atomic mass is 10.0. The molecule has 1 saturated carbocycles. The molecule has 216 valence electrons. The van der Waals surface area contributed by atoms with E-state index in [9.17, 15) is 23.1 Å². The number of hydrogen-bond donors (Lipinski definition) is 2. The number of primary amides is 1. The predicted octanol–water partition coefficient (Wildman–Crippen LogP) is 4.91. The highest BCUT2D eigenvalue weighted by Crippen LogP contribution is 2.47. The molecule has 2 aromatic heterocycles. The van der Waals surface area contributed by atoms with Crippen LogP contribution >= 0.6 is 0 Å². The van der Waals surface area contributed by atoms with Crippen molar-refractivity contribution >= 4 is 16.8 Å². The van der Waals surface area contributed by atoms with Crippen LogP contribution < -0.4 is 10.5 Å². The van der Waals surface area contributed by atoms with E-state index in [2.05, 4.69) is 9.84 Å². The predicted molar refractivity (Wildman–Crippen MR) is 144 cm³/mol. The van der Waals surface area contributed by atoms with E-state index in [1.54, 1.807) is 16.3 Å². The molecule has 3 heterocycles. The number of fused-ring (bicyclic) bond motifs is 1. The quantitative estimate of drug-likeness (QED) is 0.312. The molecule has 2 fully saturated rings. The van der Waals surface area contributed by atoms with Gasteiger partial charge in [-0.2, -0.15) is 5.10 Å². The van der Waals surface area contributed by atoms with Crippen LogP contribution in [-0.4, -0.2) is 55.5 Å². The number of nitrogens with two attached hydrogens (primary N) is 1. The van der Waals surface area contributed by atoms with Gasteiger partial charge in [-0.15, -0.1) is 13.2 Å². The van der Waals surface area contributed by atoms with E-state index in [1.165, 1.54) is 12.1 Å². The van der Waals surface area contributed by atoms with E-state index in [0.29, 0.717) is 17.8 Å². The number of rotatable bonds is 8. The fraction of sp³-hybridized carbons (Fsp3) is 0.414. The summed E-state index contributed by atoms with van der Waals surface area (Å²) in [5.41, 5.74) is 8.33. The van der Waals surface area contributed by atoms with Gasteiger partial charge in [0, 0.05) is 48.0 Å². The smallest absolute Gasteiger partial charge is 0.405 e. The van der Waals surface area contributed by atoms with Gasteiger partial charge in [0.2, 0.25) is 5.91 Å². The van der Waals surface area contributed by atoms with Gasteiger partial charge in [0.25, 0.3) is 0 Å². The summed E-state index contributed by atoms with van der Waals surface area (Å²) >= 11 is 0. The van der Waals surface area contributed by atoms with Gasteiger partial charge in [-0.3, -0.25) is 9.48 Å². The number of aliphatic hydroxyl groups excluding tert-OH is 1. The van der Waals surface area contributed by atoms with E-state index >= 15 is 0 Å². The molecule has 41 heavy (non-hydrogen) atoms. The summed E-state index contributed by atoms with van der Waals surface area (Å²) in [4.78, 5) is 16.6. The number of aromatic nitrogens is 4. The average molecular weight is 570 g/mol. The molecular weight excluding hydrogens is 539 g/mol. The molecule has 3 N–H and O–H groups in total. The standard InChI is InChI=1S/C29H30F3N5O4/c1-36-26(16-8-9-16)25(34-28(36)19-11-10-17(27(33)39)13-24(19)41-29(30,31)32)18-5-4-6-21-20(18)14-37(35-21)15-22(38)23-7-2-3-12-40-23/h4-6,10-11,13-14,16,22-23,38H,2-3,7-9,12,15H2,1H3,(H2,33,39). The minimum absolute atomic E-state index is 0.0847. The number of aliphatic hydroxyl groups is 1. The van der Waals surface area contributed by atoms with Crippen molar-refractivity contribution in [2.45, 2.75) is 63.1 Å². The molecule has 0 radical (unpaired) electrons. The van der Waals surface area contributed by atoms with Crippen LogP contribution in [0.25, 0.3) is 33.5 Å². The van der Waals surface area contributed by atoms with Gasteiger partial charge in [-0.25, -0.2) is 4.98 Å². The number of benzene rings is 2. The second-order valence-corrected chi connectivity index (χ2v) is 10.7. The van der Waals surface area contributed by atoms with Crippen molar-refractivity contribution in [2.75, 3.05) is 6.61 Å².